The van der Waals surface area contributed by atoms with Crippen molar-refractivity contribution in [3.8, 4) is 11.1 Å². The van der Waals surface area contributed by atoms with Crippen molar-refractivity contribution in [2.45, 2.75) is 34.1 Å². The zero-order chi connectivity index (χ0) is 15.1. The molecular formula is C19H27N. The summed E-state index contributed by atoms with van der Waals surface area (Å²) < 4.78 is 0. The van der Waals surface area contributed by atoms with E-state index in [0.717, 1.165) is 6.42 Å². The van der Waals surface area contributed by atoms with Gasteiger partial charge in [0.2, 0.25) is 0 Å². The monoisotopic (exact) mass is 269 g/mol. The van der Waals surface area contributed by atoms with E-state index >= 15 is 0 Å². The van der Waals surface area contributed by atoms with Gasteiger partial charge < -0.3 is 4.90 Å². The minimum atomic E-state index is 1.07. The van der Waals surface area contributed by atoms with Gasteiger partial charge in [-0.05, 0) is 28.3 Å². The van der Waals surface area contributed by atoms with E-state index in [-0.39, 0.29) is 0 Å². The normalized spacial score (nSPS) is 10.3. The lowest BCUT2D eigenvalue weighted by molar-refractivity contribution is 1.10. The van der Waals surface area contributed by atoms with Crippen molar-refractivity contribution in [3.05, 3.63) is 53.6 Å². The van der Waals surface area contributed by atoms with Crippen LogP contribution >= 0.6 is 0 Å². The second-order valence-electron chi connectivity index (χ2n) is 4.53. The molecule has 1 aliphatic carbocycles. The molecule has 0 aliphatic heterocycles. The molecule has 108 valence electrons. The molecule has 0 heterocycles. The molecule has 0 amide bonds. The van der Waals surface area contributed by atoms with Gasteiger partial charge in [-0.25, -0.2) is 0 Å². The first-order chi connectivity index (χ1) is 9.77. The maximum absolute atomic E-state index is 2.23. The van der Waals surface area contributed by atoms with E-state index < -0.39 is 0 Å². The summed E-state index contributed by atoms with van der Waals surface area (Å²) in [7, 11) is 4.22. The van der Waals surface area contributed by atoms with Gasteiger partial charge in [-0.1, -0.05) is 64.1 Å². The zero-order valence-electron chi connectivity index (χ0n) is 13.7. The Balaban J connectivity index is 0.000000461. The smallest absolute Gasteiger partial charge is 0.0403 e. The summed E-state index contributed by atoms with van der Waals surface area (Å²) in [4.78, 5) is 2.20. The molecule has 0 unspecified atom stereocenters. The number of hydrogen-bond donors (Lipinski definition) is 0. The summed E-state index contributed by atoms with van der Waals surface area (Å²) >= 11 is 0. The fraction of sp³-hybridized carbons (Fsp3) is 0.368. The molecule has 0 saturated heterocycles. The van der Waals surface area contributed by atoms with E-state index in [4.69, 9.17) is 0 Å². The Bertz CT molecular complexity index is 541. The van der Waals surface area contributed by atoms with Crippen LogP contribution in [0, 0.1) is 0 Å². The van der Waals surface area contributed by atoms with Crippen LogP contribution in [0.25, 0.3) is 11.1 Å². The third-order valence-electron chi connectivity index (χ3n) is 3.31. The summed E-state index contributed by atoms with van der Waals surface area (Å²) in [5, 5.41) is 0. The van der Waals surface area contributed by atoms with Crippen LogP contribution in [-0.2, 0) is 6.42 Å². The molecule has 3 rings (SSSR count). The molecule has 0 atom stereocenters. The van der Waals surface area contributed by atoms with Gasteiger partial charge in [0.15, 0.2) is 0 Å². The minimum absolute atomic E-state index is 1.07. The Morgan fingerprint density at radius 2 is 1.35 bits per heavy atom. The molecule has 20 heavy (non-hydrogen) atoms. The number of rotatable bonds is 1. The quantitative estimate of drug-likeness (QED) is 0.573. The van der Waals surface area contributed by atoms with Gasteiger partial charge in [0.1, 0.15) is 0 Å². The topological polar surface area (TPSA) is 3.24 Å². The van der Waals surface area contributed by atoms with Crippen molar-refractivity contribution < 1.29 is 0 Å². The van der Waals surface area contributed by atoms with Crippen molar-refractivity contribution in [2.24, 2.45) is 0 Å². The molecule has 1 heteroatoms. The van der Waals surface area contributed by atoms with E-state index in [1.165, 1.54) is 27.9 Å². The molecule has 0 fully saturated rings. The standard InChI is InChI=1S/C15H15N.2C2H6/c1-16(2)15-9-5-8-13-12-7-4-3-6-11(12)10-14(13)15;2*1-2/h3-9H,10H2,1-2H3;2*1-2H3. The molecule has 0 saturated carbocycles. The van der Waals surface area contributed by atoms with E-state index in [2.05, 4.69) is 61.5 Å². The summed E-state index contributed by atoms with van der Waals surface area (Å²) in [6.07, 6.45) is 1.07. The van der Waals surface area contributed by atoms with Gasteiger partial charge >= 0.3 is 0 Å². The maximum atomic E-state index is 2.23. The van der Waals surface area contributed by atoms with E-state index in [1.54, 1.807) is 0 Å². The molecule has 2 aromatic rings. The number of hydrogen-bond acceptors (Lipinski definition) is 1. The first kappa shape index (κ1) is 16.3. The third-order valence-corrected chi connectivity index (χ3v) is 3.31. The van der Waals surface area contributed by atoms with E-state index in [9.17, 15) is 0 Å². The number of anilines is 1. The molecule has 0 bridgehead atoms. The summed E-state index contributed by atoms with van der Waals surface area (Å²) in [5.41, 5.74) is 7.07. The highest BCUT2D eigenvalue weighted by atomic mass is 15.1. The number of fused-ring (bicyclic) bond motifs is 3. The molecule has 0 aromatic heterocycles. The van der Waals surface area contributed by atoms with Crippen LogP contribution < -0.4 is 4.90 Å². The van der Waals surface area contributed by atoms with Gasteiger partial charge in [0.05, 0.1) is 0 Å². The van der Waals surface area contributed by atoms with Crippen LogP contribution in [0.4, 0.5) is 5.69 Å². The summed E-state index contributed by atoms with van der Waals surface area (Å²) in [6, 6.07) is 15.3. The second-order valence-corrected chi connectivity index (χ2v) is 4.53. The second kappa shape index (κ2) is 7.74. The Kier molecular flexibility index (Phi) is 6.30. The predicted molar refractivity (Wildman–Crippen MR) is 91.7 cm³/mol. The van der Waals surface area contributed by atoms with Gasteiger partial charge in [0.25, 0.3) is 0 Å². The fourth-order valence-electron chi connectivity index (χ4n) is 2.56. The third kappa shape index (κ3) is 3.04. The van der Waals surface area contributed by atoms with Crippen LogP contribution in [0.15, 0.2) is 42.5 Å². The molecular weight excluding hydrogens is 242 g/mol. The molecule has 0 radical (unpaired) electrons. The van der Waals surface area contributed by atoms with E-state index in [1.807, 2.05) is 27.7 Å². The van der Waals surface area contributed by atoms with Gasteiger partial charge in [-0.3, -0.25) is 0 Å². The zero-order valence-corrected chi connectivity index (χ0v) is 13.7. The highest BCUT2D eigenvalue weighted by Crippen LogP contribution is 2.40. The van der Waals surface area contributed by atoms with Crippen LogP contribution in [0.5, 0.6) is 0 Å². The van der Waals surface area contributed by atoms with Crippen molar-refractivity contribution >= 4 is 5.69 Å². The Hall–Kier alpha value is -1.76. The summed E-state index contributed by atoms with van der Waals surface area (Å²) in [5.74, 6) is 0. The van der Waals surface area contributed by atoms with Crippen molar-refractivity contribution in [1.82, 2.24) is 0 Å². The minimum Gasteiger partial charge on any atom is -0.377 e. The highest BCUT2D eigenvalue weighted by Gasteiger charge is 2.20. The maximum Gasteiger partial charge on any atom is 0.0403 e. The van der Waals surface area contributed by atoms with Gasteiger partial charge in [-0.15, -0.1) is 0 Å². The lowest BCUT2D eigenvalue weighted by Crippen LogP contribution is -2.10. The van der Waals surface area contributed by atoms with Crippen molar-refractivity contribution in [2.75, 3.05) is 19.0 Å². The van der Waals surface area contributed by atoms with Crippen LogP contribution in [-0.4, -0.2) is 14.1 Å². The Morgan fingerprint density at radius 3 is 2.00 bits per heavy atom. The number of benzene rings is 2. The van der Waals surface area contributed by atoms with Crippen LogP contribution in [0.3, 0.4) is 0 Å². The average Bonchev–Trinajstić information content (AvgIpc) is 2.89. The van der Waals surface area contributed by atoms with Crippen LogP contribution in [0.2, 0.25) is 0 Å². The molecule has 1 aliphatic rings. The van der Waals surface area contributed by atoms with Gasteiger partial charge in [0, 0.05) is 26.2 Å². The Morgan fingerprint density at radius 1 is 0.750 bits per heavy atom. The molecule has 0 N–H and O–H groups in total. The molecule has 1 nitrogen and oxygen atoms in total. The summed E-state index contributed by atoms with van der Waals surface area (Å²) in [6.45, 7) is 8.00. The van der Waals surface area contributed by atoms with Gasteiger partial charge in [-0.2, -0.15) is 0 Å². The lowest BCUT2D eigenvalue weighted by Gasteiger charge is -2.16. The first-order valence-electron chi connectivity index (χ1n) is 7.65. The van der Waals surface area contributed by atoms with Crippen molar-refractivity contribution in [3.63, 3.8) is 0 Å². The highest BCUT2D eigenvalue weighted by molar-refractivity contribution is 5.82. The fourth-order valence-corrected chi connectivity index (χ4v) is 2.56. The lowest BCUT2D eigenvalue weighted by atomic mass is 10.0. The first-order valence-corrected chi connectivity index (χ1v) is 7.65. The predicted octanol–water partition coefficient (Wildman–Crippen LogP) is 5.38. The number of nitrogens with zero attached hydrogens (tertiary/aromatic N) is 1. The van der Waals surface area contributed by atoms with Crippen molar-refractivity contribution in [1.29, 1.82) is 0 Å². The largest absolute Gasteiger partial charge is 0.377 e. The van der Waals surface area contributed by atoms with Crippen LogP contribution in [0.1, 0.15) is 38.8 Å². The van der Waals surface area contributed by atoms with E-state index in [0.29, 0.717) is 0 Å². The molecule has 0 spiro atoms. The molecule has 2 aromatic carbocycles. The Labute approximate surface area is 124 Å². The average molecular weight is 269 g/mol. The SMILES string of the molecule is CC.CC.CN(C)c1cccc2c1Cc1ccccc1-2.